The van der Waals surface area contributed by atoms with Gasteiger partial charge in [0.1, 0.15) is 24.2 Å². The maximum atomic E-state index is 14.1. The van der Waals surface area contributed by atoms with Crippen LogP contribution in [0.4, 0.5) is 17.2 Å². The number of β-amino-alcohol motifs (C(OH)–C–C–N with tert-alkyl or cyclic N) is 1. The van der Waals surface area contributed by atoms with Gasteiger partial charge in [-0.1, -0.05) is 82.1 Å². The van der Waals surface area contributed by atoms with Crippen molar-refractivity contribution in [3.63, 3.8) is 0 Å². The fourth-order valence-corrected chi connectivity index (χ4v) is 9.78. The van der Waals surface area contributed by atoms with Crippen molar-refractivity contribution in [2.75, 3.05) is 23.7 Å². The van der Waals surface area contributed by atoms with Crippen molar-refractivity contribution < 1.29 is 29.1 Å². The second-order valence-corrected chi connectivity index (χ2v) is 20.4. The number of benzene rings is 4. The smallest absolute Gasteiger partial charge is 0.255 e. The Labute approximate surface area is 428 Å². The van der Waals surface area contributed by atoms with Crippen LogP contribution in [0.5, 0.6) is 0 Å². The number of likely N-dealkylation sites (tertiary alicyclic amines) is 1. The van der Waals surface area contributed by atoms with E-state index in [2.05, 4.69) is 46.5 Å². The van der Waals surface area contributed by atoms with Gasteiger partial charge < -0.3 is 41.6 Å². The number of amides is 5. The molecular weight excluding hydrogens is 941 g/mol. The molecule has 8 rings (SSSR count). The van der Waals surface area contributed by atoms with E-state index >= 15 is 0 Å². The van der Waals surface area contributed by atoms with Gasteiger partial charge in [0.2, 0.25) is 17.7 Å². The maximum absolute atomic E-state index is 14.1. The van der Waals surface area contributed by atoms with Crippen LogP contribution in [0.3, 0.4) is 0 Å². The number of anilines is 3. The largest absolute Gasteiger partial charge is 0.391 e. The summed E-state index contributed by atoms with van der Waals surface area (Å²) < 4.78 is 0. The van der Waals surface area contributed by atoms with Crippen molar-refractivity contribution in [3.8, 4) is 21.7 Å². The molecule has 378 valence electrons. The van der Waals surface area contributed by atoms with Crippen molar-refractivity contribution >= 4 is 69.0 Å². The van der Waals surface area contributed by atoms with Crippen LogP contribution in [0.25, 0.3) is 32.6 Å². The number of thiazole rings is 1. The van der Waals surface area contributed by atoms with Crippen molar-refractivity contribution in [1.29, 1.82) is 0 Å². The van der Waals surface area contributed by atoms with Crippen molar-refractivity contribution in [1.82, 2.24) is 40.8 Å². The third-order valence-corrected chi connectivity index (χ3v) is 14.0. The predicted molar refractivity (Wildman–Crippen MR) is 285 cm³/mol. The Kier molecular flexibility index (Phi) is 16.4. The number of aliphatic hydroxyl groups excluding tert-OH is 1. The molecule has 0 aliphatic carbocycles. The summed E-state index contributed by atoms with van der Waals surface area (Å²) in [6.07, 6.45) is 5.66. The lowest BCUT2D eigenvalue weighted by Crippen LogP contribution is -2.57. The monoisotopic (exact) mass is 1000 g/mol. The average molecular weight is 1000 g/mol. The maximum Gasteiger partial charge on any atom is 0.255 e. The topological polar surface area (TPSA) is 223 Å². The van der Waals surface area contributed by atoms with E-state index in [1.54, 1.807) is 41.7 Å². The lowest BCUT2D eigenvalue weighted by atomic mass is 9.85. The third kappa shape index (κ3) is 13.0. The molecule has 4 aromatic carbocycles. The first-order valence-electron chi connectivity index (χ1n) is 24.6. The number of para-hydroxylation sites is 1. The lowest BCUT2D eigenvalue weighted by Gasteiger charge is -2.35. The molecule has 1 saturated heterocycles. The Morgan fingerprint density at radius 2 is 1.55 bits per heavy atom. The first-order chi connectivity index (χ1) is 35.1. The molecule has 0 saturated carbocycles. The molecule has 0 bridgehead atoms. The molecule has 1 aliphatic rings. The number of nitrogens with one attached hydrogen (secondary N) is 6. The number of aromatic nitrogens is 4. The average Bonchev–Trinajstić information content (AvgIpc) is 4.13. The Hall–Kier alpha value is -7.76. The van der Waals surface area contributed by atoms with Gasteiger partial charge in [0.15, 0.2) is 0 Å². The number of hydrogen-bond donors (Lipinski definition) is 7. The zero-order valence-corrected chi connectivity index (χ0v) is 42.5. The molecule has 1 aliphatic heterocycles. The SMILES string of the molecule is Cc1ncsc1-c1ccc(C(C)NC(=O)C2CC(O)CN2C(=O)C(NC(=O)CCCCCCNC(=O)c2ccc(C(=O)Nc3cccc(Nc4cc(-c5c[nH]c6ccccc56)ncn4)c3)cc2)C(C)(C)C)cc1. The quantitative estimate of drug-likeness (QED) is 0.0381. The van der Waals surface area contributed by atoms with Crippen LogP contribution in [0.15, 0.2) is 121 Å². The van der Waals surface area contributed by atoms with Crippen LogP contribution < -0.4 is 26.6 Å². The summed E-state index contributed by atoms with van der Waals surface area (Å²) in [5, 5.41) is 26.8. The summed E-state index contributed by atoms with van der Waals surface area (Å²) in [6, 6.07) is 29.4. The minimum absolute atomic E-state index is 0.00717. The number of nitrogens with zero attached hydrogens (tertiary/aromatic N) is 4. The van der Waals surface area contributed by atoms with Crippen LogP contribution in [0.1, 0.15) is 104 Å². The van der Waals surface area contributed by atoms with Gasteiger partial charge in [0, 0.05) is 77.2 Å². The van der Waals surface area contributed by atoms with Gasteiger partial charge in [-0.05, 0) is 91.8 Å². The summed E-state index contributed by atoms with van der Waals surface area (Å²) in [4.78, 5) is 86.1. The van der Waals surface area contributed by atoms with Crippen molar-refractivity contribution in [3.05, 3.63) is 144 Å². The number of unbranched alkanes of at least 4 members (excludes halogenated alkanes) is 3. The van der Waals surface area contributed by atoms with Crippen LogP contribution in [-0.4, -0.2) is 90.8 Å². The second-order valence-electron chi connectivity index (χ2n) is 19.6. The van der Waals surface area contributed by atoms with Gasteiger partial charge >= 0.3 is 0 Å². The van der Waals surface area contributed by atoms with E-state index in [9.17, 15) is 29.1 Å². The first kappa shape index (κ1) is 51.6. The summed E-state index contributed by atoms with van der Waals surface area (Å²) in [7, 11) is 0. The van der Waals surface area contributed by atoms with E-state index in [1.165, 1.54) is 11.2 Å². The minimum atomic E-state index is -0.914. The molecule has 0 spiro atoms. The molecule has 0 radical (unpaired) electrons. The Morgan fingerprint density at radius 1 is 0.822 bits per heavy atom. The molecule has 4 unspecified atom stereocenters. The number of aliphatic hydroxyl groups is 1. The standard InChI is InChI=1S/C56H62N10O6S/c1-34(36-18-20-37(21-19-36)50-35(2)61-33-73-50)62-54(71)47-28-42(67)31-66(47)55(72)51(56(3,4)5)65-49(68)17-8-6-7-11-26-57-52(69)38-22-24-39(25-23-38)53(70)64-41-14-12-13-40(27-41)63-48-29-46(59-32-60-48)44-30-58-45-16-10-9-15-43(44)45/h9-10,12-16,18-25,27,29-30,32-34,42,47,51,58,67H,6-8,11,17,26,28,31H2,1-5H3,(H,57,69)(H,62,71)(H,64,70)(H,65,68)(H,59,60,63). The van der Waals surface area contributed by atoms with Gasteiger partial charge in [0.25, 0.3) is 11.8 Å². The summed E-state index contributed by atoms with van der Waals surface area (Å²) in [6.45, 7) is 9.87. The van der Waals surface area contributed by atoms with Crippen LogP contribution >= 0.6 is 11.3 Å². The van der Waals surface area contributed by atoms with Gasteiger partial charge in [-0.15, -0.1) is 11.3 Å². The number of carbonyl (C=O) groups is 5. The highest BCUT2D eigenvalue weighted by Crippen LogP contribution is 2.31. The zero-order valence-electron chi connectivity index (χ0n) is 41.7. The molecule has 3 aromatic heterocycles. The minimum Gasteiger partial charge on any atom is -0.391 e. The van der Waals surface area contributed by atoms with Gasteiger partial charge in [-0.2, -0.15) is 0 Å². The molecule has 7 N–H and O–H groups in total. The molecule has 4 atom stereocenters. The number of carbonyl (C=O) groups excluding carboxylic acids is 5. The second kappa shape index (κ2) is 23.2. The number of fused-ring (bicyclic) bond motifs is 1. The highest BCUT2D eigenvalue weighted by Gasteiger charge is 2.44. The Morgan fingerprint density at radius 3 is 2.29 bits per heavy atom. The first-order valence-corrected chi connectivity index (χ1v) is 25.5. The van der Waals surface area contributed by atoms with Gasteiger partial charge in [0.05, 0.1) is 33.9 Å². The summed E-state index contributed by atoms with van der Waals surface area (Å²) >= 11 is 1.57. The summed E-state index contributed by atoms with van der Waals surface area (Å²) in [5.74, 6) is -1.03. The molecular formula is C56H62N10O6S. The van der Waals surface area contributed by atoms with Crippen LogP contribution in [-0.2, 0) is 14.4 Å². The van der Waals surface area contributed by atoms with E-state index < -0.39 is 29.5 Å². The normalized spacial score (nSPS) is 15.3. The van der Waals surface area contributed by atoms with E-state index in [-0.39, 0.29) is 49.1 Å². The molecule has 73 heavy (non-hydrogen) atoms. The molecule has 7 aromatic rings. The number of aryl methyl sites for hydroxylation is 1. The highest BCUT2D eigenvalue weighted by atomic mass is 32.1. The molecule has 16 nitrogen and oxygen atoms in total. The van der Waals surface area contributed by atoms with E-state index in [0.29, 0.717) is 42.0 Å². The Balaban J connectivity index is 0.740. The Bertz CT molecular complexity index is 3070. The molecule has 17 heteroatoms. The number of H-pyrrole nitrogens is 1. The van der Waals surface area contributed by atoms with Gasteiger partial charge in [-0.3, -0.25) is 24.0 Å². The molecule has 1 fully saturated rings. The molecule has 4 heterocycles. The zero-order chi connectivity index (χ0) is 51.6. The number of rotatable bonds is 19. The molecule has 5 amide bonds. The van der Waals surface area contributed by atoms with Crippen molar-refractivity contribution in [2.45, 2.75) is 97.4 Å². The van der Waals surface area contributed by atoms with Crippen LogP contribution in [0, 0.1) is 12.3 Å². The van der Waals surface area contributed by atoms with Crippen molar-refractivity contribution in [2.24, 2.45) is 5.41 Å². The third-order valence-electron chi connectivity index (χ3n) is 13.0. The van der Waals surface area contributed by atoms with E-state index in [4.69, 9.17) is 0 Å². The predicted octanol–water partition coefficient (Wildman–Crippen LogP) is 9.10. The fraction of sp³-hybridized carbons (Fsp3) is 0.321. The highest BCUT2D eigenvalue weighted by molar-refractivity contribution is 7.13. The lowest BCUT2D eigenvalue weighted by molar-refractivity contribution is -0.144. The number of aromatic amines is 1. The van der Waals surface area contributed by atoms with E-state index in [0.717, 1.165) is 62.4 Å². The summed E-state index contributed by atoms with van der Waals surface area (Å²) in [5.41, 5.74) is 8.92. The van der Waals surface area contributed by atoms with Gasteiger partial charge in [-0.25, -0.2) is 15.0 Å². The fourth-order valence-electron chi connectivity index (χ4n) is 8.97. The van der Waals surface area contributed by atoms with Crippen LogP contribution in [0.2, 0.25) is 0 Å². The number of hydrogen-bond acceptors (Lipinski definition) is 11. The van der Waals surface area contributed by atoms with E-state index in [1.807, 2.05) is 119 Å².